The minimum Gasteiger partial charge on any atom is -0.481 e. The summed E-state index contributed by atoms with van der Waals surface area (Å²) in [5.74, 6) is 1.63. The van der Waals surface area contributed by atoms with Gasteiger partial charge in [-0.2, -0.15) is 5.10 Å². The van der Waals surface area contributed by atoms with Gasteiger partial charge in [-0.1, -0.05) is 18.2 Å². The van der Waals surface area contributed by atoms with Gasteiger partial charge in [-0.05, 0) is 50.2 Å². The van der Waals surface area contributed by atoms with Gasteiger partial charge in [-0.3, -0.25) is 9.36 Å². The van der Waals surface area contributed by atoms with E-state index in [1.165, 1.54) is 4.68 Å². The highest BCUT2D eigenvalue weighted by Gasteiger charge is 2.38. The topological polar surface area (TPSA) is 78.6 Å². The van der Waals surface area contributed by atoms with Crippen LogP contribution >= 0.6 is 0 Å². The first kappa shape index (κ1) is 21.6. The first-order valence-electron chi connectivity index (χ1n) is 11.2. The van der Waals surface area contributed by atoms with Crippen LogP contribution in [-0.2, 0) is 29.0 Å². The molecule has 2 aromatic rings. The van der Waals surface area contributed by atoms with E-state index in [0.717, 1.165) is 51.0 Å². The lowest BCUT2D eigenvalue weighted by Crippen LogP contribution is -2.47. The van der Waals surface area contributed by atoms with Crippen molar-refractivity contribution >= 4 is 5.91 Å². The highest BCUT2D eigenvalue weighted by Crippen LogP contribution is 2.41. The van der Waals surface area contributed by atoms with E-state index in [1.807, 2.05) is 46.7 Å². The number of para-hydroxylation sites is 1. The van der Waals surface area contributed by atoms with E-state index >= 15 is 0 Å². The number of aryl methyl sites for hydroxylation is 1. The van der Waals surface area contributed by atoms with E-state index in [9.17, 15) is 9.59 Å². The third-order valence-corrected chi connectivity index (χ3v) is 6.79. The van der Waals surface area contributed by atoms with Crippen molar-refractivity contribution in [2.45, 2.75) is 58.2 Å². The molecule has 1 saturated heterocycles. The van der Waals surface area contributed by atoms with E-state index in [-0.39, 0.29) is 17.0 Å². The van der Waals surface area contributed by atoms with Crippen molar-refractivity contribution in [3.63, 3.8) is 0 Å². The van der Waals surface area contributed by atoms with E-state index in [2.05, 4.69) is 5.10 Å². The molecule has 4 rings (SSSR count). The van der Waals surface area contributed by atoms with Crippen LogP contribution in [0, 0.1) is 5.41 Å². The van der Waals surface area contributed by atoms with Gasteiger partial charge in [0.05, 0.1) is 13.2 Å². The Morgan fingerprint density at radius 1 is 1.13 bits per heavy atom. The second-order valence-electron chi connectivity index (χ2n) is 8.71. The molecule has 1 unspecified atom stereocenters. The van der Waals surface area contributed by atoms with Crippen LogP contribution in [0.25, 0.3) is 0 Å². The van der Waals surface area contributed by atoms with Crippen molar-refractivity contribution in [3.8, 4) is 5.75 Å². The predicted octanol–water partition coefficient (Wildman–Crippen LogP) is 2.10. The number of hydrogen-bond donors (Lipinski definition) is 0. The number of rotatable bonds is 6. The molecule has 1 spiro atoms. The standard InChI is InChI=1S/C23H32N4O4/c1-18(31-19-6-4-3-5-7-19)21(28)25-13-10-23(11-14-25)9-8-20-24-27(16-17-30-2)22(29)26(20)15-12-23/h3-7,18H,8-17H2,1-2H3. The molecule has 1 aromatic heterocycles. The van der Waals surface area contributed by atoms with Gasteiger partial charge in [0, 0.05) is 33.2 Å². The zero-order valence-electron chi connectivity index (χ0n) is 18.5. The van der Waals surface area contributed by atoms with Gasteiger partial charge in [-0.25, -0.2) is 9.48 Å². The van der Waals surface area contributed by atoms with Crippen LogP contribution in [-0.4, -0.2) is 58.1 Å². The summed E-state index contributed by atoms with van der Waals surface area (Å²) in [6, 6.07) is 9.47. The molecule has 1 fully saturated rings. The number of likely N-dealkylation sites (tertiary alicyclic amines) is 1. The molecule has 8 heteroatoms. The van der Waals surface area contributed by atoms with E-state index in [4.69, 9.17) is 9.47 Å². The second-order valence-corrected chi connectivity index (χ2v) is 8.71. The Morgan fingerprint density at radius 3 is 2.55 bits per heavy atom. The third-order valence-electron chi connectivity index (χ3n) is 6.79. The van der Waals surface area contributed by atoms with Gasteiger partial charge in [0.1, 0.15) is 11.6 Å². The fourth-order valence-corrected chi connectivity index (χ4v) is 4.78. The zero-order valence-corrected chi connectivity index (χ0v) is 18.5. The number of nitrogens with zero attached hydrogens (tertiary/aromatic N) is 4. The summed E-state index contributed by atoms with van der Waals surface area (Å²) < 4.78 is 14.2. The fraction of sp³-hybridized carbons (Fsp3) is 0.609. The summed E-state index contributed by atoms with van der Waals surface area (Å²) in [4.78, 5) is 27.5. The summed E-state index contributed by atoms with van der Waals surface area (Å²) >= 11 is 0. The predicted molar refractivity (Wildman–Crippen MR) is 116 cm³/mol. The van der Waals surface area contributed by atoms with Crippen molar-refractivity contribution in [1.29, 1.82) is 0 Å². The Balaban J connectivity index is 1.33. The maximum absolute atomic E-state index is 12.9. The van der Waals surface area contributed by atoms with Gasteiger partial charge in [0.25, 0.3) is 5.91 Å². The maximum Gasteiger partial charge on any atom is 0.345 e. The zero-order chi connectivity index (χ0) is 21.8. The normalized spacial score (nSPS) is 19.0. The summed E-state index contributed by atoms with van der Waals surface area (Å²) in [6.45, 7) is 4.96. The molecule has 31 heavy (non-hydrogen) atoms. The summed E-state index contributed by atoms with van der Waals surface area (Å²) in [5.41, 5.74) is 0.133. The lowest BCUT2D eigenvalue weighted by atomic mass is 9.72. The van der Waals surface area contributed by atoms with Crippen LogP contribution in [0.3, 0.4) is 0 Å². The Morgan fingerprint density at radius 2 is 1.84 bits per heavy atom. The first-order chi connectivity index (χ1) is 15.0. The molecule has 8 nitrogen and oxygen atoms in total. The SMILES string of the molecule is COCCn1nc2n(c1=O)CCC1(CC2)CCN(C(=O)C(C)Oc2ccccc2)CC1. The van der Waals surface area contributed by atoms with E-state index in [1.54, 1.807) is 7.11 Å². The number of hydrogen-bond acceptors (Lipinski definition) is 5. The van der Waals surface area contributed by atoms with Crippen LogP contribution in [0.5, 0.6) is 5.75 Å². The average Bonchev–Trinajstić information content (AvgIpc) is 2.98. The molecule has 1 amide bonds. The van der Waals surface area contributed by atoms with Crippen molar-refractivity contribution in [3.05, 3.63) is 46.6 Å². The van der Waals surface area contributed by atoms with Crippen LogP contribution in [0.4, 0.5) is 0 Å². The summed E-state index contributed by atoms with van der Waals surface area (Å²) in [7, 11) is 1.63. The van der Waals surface area contributed by atoms with Crippen LogP contribution in [0.2, 0.25) is 0 Å². The van der Waals surface area contributed by atoms with Crippen LogP contribution in [0.15, 0.2) is 35.1 Å². The molecule has 3 heterocycles. The van der Waals surface area contributed by atoms with E-state index in [0.29, 0.717) is 25.4 Å². The average molecular weight is 429 g/mol. The van der Waals surface area contributed by atoms with Crippen LogP contribution in [0.1, 0.15) is 38.4 Å². The number of carbonyl (C=O) groups is 1. The highest BCUT2D eigenvalue weighted by molar-refractivity contribution is 5.81. The highest BCUT2D eigenvalue weighted by atomic mass is 16.5. The Kier molecular flexibility index (Phi) is 6.46. The molecule has 168 valence electrons. The number of methoxy groups -OCH3 is 1. The summed E-state index contributed by atoms with van der Waals surface area (Å²) in [6.07, 6.45) is 4.18. The maximum atomic E-state index is 12.9. The molecule has 1 atom stereocenters. The molecule has 1 aromatic carbocycles. The number of amides is 1. The van der Waals surface area contributed by atoms with Crippen LogP contribution < -0.4 is 10.4 Å². The number of ether oxygens (including phenoxy) is 2. The van der Waals surface area contributed by atoms with Crippen molar-refractivity contribution in [2.24, 2.45) is 5.41 Å². The van der Waals surface area contributed by atoms with Gasteiger partial charge in [-0.15, -0.1) is 0 Å². The lowest BCUT2D eigenvalue weighted by molar-refractivity contribution is -0.140. The molecular weight excluding hydrogens is 396 g/mol. The quantitative estimate of drug-likeness (QED) is 0.704. The Labute approximate surface area is 182 Å². The van der Waals surface area contributed by atoms with Gasteiger partial charge >= 0.3 is 5.69 Å². The van der Waals surface area contributed by atoms with Gasteiger partial charge in [0.15, 0.2) is 6.10 Å². The molecular formula is C23H32N4O4. The van der Waals surface area contributed by atoms with Crippen molar-refractivity contribution in [1.82, 2.24) is 19.2 Å². The van der Waals surface area contributed by atoms with Gasteiger partial charge in [0.2, 0.25) is 0 Å². The first-order valence-corrected chi connectivity index (χ1v) is 11.2. The Hall–Kier alpha value is -2.61. The molecule has 0 aliphatic carbocycles. The number of fused-ring (bicyclic) bond motifs is 1. The minimum absolute atomic E-state index is 0.0383. The smallest absolute Gasteiger partial charge is 0.345 e. The molecule has 2 aliphatic heterocycles. The monoisotopic (exact) mass is 428 g/mol. The number of benzene rings is 1. The van der Waals surface area contributed by atoms with Crippen molar-refractivity contribution < 1.29 is 14.3 Å². The second kappa shape index (κ2) is 9.26. The molecule has 2 aliphatic rings. The number of piperidine rings is 1. The van der Waals surface area contributed by atoms with Crippen molar-refractivity contribution in [2.75, 3.05) is 26.8 Å². The minimum atomic E-state index is -0.499. The third kappa shape index (κ3) is 4.69. The molecule has 0 radical (unpaired) electrons. The van der Waals surface area contributed by atoms with Gasteiger partial charge < -0.3 is 14.4 Å². The Bertz CT molecular complexity index is 944. The van der Waals surface area contributed by atoms with E-state index < -0.39 is 6.10 Å². The molecule has 0 bridgehead atoms. The fourth-order valence-electron chi connectivity index (χ4n) is 4.78. The number of aromatic nitrogens is 3. The lowest BCUT2D eigenvalue weighted by Gasteiger charge is -2.42. The summed E-state index contributed by atoms with van der Waals surface area (Å²) in [5, 5.41) is 4.54. The molecule has 0 saturated carbocycles. The number of carbonyl (C=O) groups excluding carboxylic acids is 1. The largest absolute Gasteiger partial charge is 0.481 e. The molecule has 0 N–H and O–H groups in total.